The number of nitrogens with one attached hydrogen (secondary N) is 1. The van der Waals surface area contributed by atoms with Crippen LogP contribution in [0, 0.1) is 10.8 Å². The molecule has 2 aliphatic heterocycles. The lowest BCUT2D eigenvalue weighted by Crippen LogP contribution is -2.69. The van der Waals surface area contributed by atoms with E-state index < -0.39 is 40.8 Å². The van der Waals surface area contributed by atoms with Gasteiger partial charge in [0.05, 0.1) is 17.4 Å². The first kappa shape index (κ1) is 32.8. The summed E-state index contributed by atoms with van der Waals surface area (Å²) in [6, 6.07) is 25.6. The SMILES string of the molecule is CC1NC(C)C(CCOCCN2CCC(c3ccccc3)(c3ccccc3)CC2)(C(=O)O)C(c2cccc3nonc23)C1(C)C(=O)O. The number of carboxylic acid groups (broad SMARTS) is 2. The summed E-state index contributed by atoms with van der Waals surface area (Å²) in [5.41, 5.74) is 0.989. The van der Waals surface area contributed by atoms with Crippen molar-refractivity contribution in [3.63, 3.8) is 0 Å². The fourth-order valence-electron chi connectivity index (χ4n) is 8.43. The highest BCUT2D eigenvalue weighted by atomic mass is 16.6. The van der Waals surface area contributed by atoms with Crippen LogP contribution in [0.15, 0.2) is 83.5 Å². The third kappa shape index (κ3) is 5.62. The summed E-state index contributed by atoms with van der Waals surface area (Å²) in [7, 11) is 0. The molecule has 2 fully saturated rings. The second kappa shape index (κ2) is 13.2. The normalized spacial score (nSPS) is 27.9. The summed E-state index contributed by atoms with van der Waals surface area (Å²) < 4.78 is 11.2. The van der Waals surface area contributed by atoms with Gasteiger partial charge in [-0.2, -0.15) is 0 Å². The quantitative estimate of drug-likeness (QED) is 0.184. The van der Waals surface area contributed by atoms with Crippen molar-refractivity contribution in [2.75, 3.05) is 32.8 Å². The molecule has 3 heterocycles. The molecule has 2 saturated heterocycles. The van der Waals surface area contributed by atoms with Gasteiger partial charge >= 0.3 is 11.9 Å². The Labute approximate surface area is 275 Å². The molecule has 0 amide bonds. The molecule has 0 radical (unpaired) electrons. The van der Waals surface area contributed by atoms with E-state index in [-0.39, 0.29) is 18.4 Å². The fraction of sp³-hybridized carbons (Fsp3) is 0.459. The van der Waals surface area contributed by atoms with Crippen LogP contribution in [0.4, 0.5) is 0 Å². The number of benzene rings is 3. The van der Waals surface area contributed by atoms with Crippen LogP contribution in [0.2, 0.25) is 0 Å². The minimum absolute atomic E-state index is 0.0387. The zero-order valence-corrected chi connectivity index (χ0v) is 27.3. The zero-order valence-electron chi connectivity index (χ0n) is 27.3. The predicted molar refractivity (Wildman–Crippen MR) is 177 cm³/mol. The maximum atomic E-state index is 13.4. The van der Waals surface area contributed by atoms with Crippen molar-refractivity contribution in [2.24, 2.45) is 10.8 Å². The molecule has 47 heavy (non-hydrogen) atoms. The van der Waals surface area contributed by atoms with Gasteiger partial charge in [0, 0.05) is 36.6 Å². The first-order valence-electron chi connectivity index (χ1n) is 16.5. The Bertz CT molecular complexity index is 1650. The van der Waals surface area contributed by atoms with Crippen LogP contribution >= 0.6 is 0 Å². The summed E-state index contributed by atoms with van der Waals surface area (Å²) in [6.07, 6.45) is 2.09. The lowest BCUT2D eigenvalue weighted by atomic mass is 9.51. The van der Waals surface area contributed by atoms with Gasteiger partial charge in [-0.1, -0.05) is 72.8 Å². The van der Waals surface area contributed by atoms with E-state index in [9.17, 15) is 19.8 Å². The number of ether oxygens (including phenoxy) is 1. The topological polar surface area (TPSA) is 138 Å². The molecule has 2 aliphatic rings. The molecule has 4 aromatic rings. The number of likely N-dealkylation sites (tertiary alicyclic amines) is 1. The summed E-state index contributed by atoms with van der Waals surface area (Å²) in [4.78, 5) is 28.8. The number of hydrogen-bond acceptors (Lipinski definition) is 8. The lowest BCUT2D eigenvalue weighted by molar-refractivity contribution is -0.172. The Morgan fingerprint density at radius 1 is 0.872 bits per heavy atom. The highest BCUT2D eigenvalue weighted by Crippen LogP contribution is 2.57. The van der Waals surface area contributed by atoms with Crippen molar-refractivity contribution in [3.8, 4) is 0 Å². The Hall–Kier alpha value is -4.12. The van der Waals surface area contributed by atoms with E-state index in [1.165, 1.54) is 11.1 Å². The third-order valence-corrected chi connectivity index (χ3v) is 11.3. The molecule has 5 atom stereocenters. The first-order valence-corrected chi connectivity index (χ1v) is 16.5. The van der Waals surface area contributed by atoms with E-state index in [4.69, 9.17) is 9.37 Å². The molecule has 3 N–H and O–H groups in total. The fourth-order valence-corrected chi connectivity index (χ4v) is 8.43. The average Bonchev–Trinajstić information content (AvgIpc) is 3.57. The molecule has 0 saturated carbocycles. The monoisotopic (exact) mass is 640 g/mol. The van der Waals surface area contributed by atoms with E-state index in [1.54, 1.807) is 32.0 Å². The molecule has 248 valence electrons. The van der Waals surface area contributed by atoms with Gasteiger partial charge in [-0.3, -0.25) is 9.59 Å². The van der Waals surface area contributed by atoms with Gasteiger partial charge in [-0.05, 0) is 86.2 Å². The number of carbonyl (C=O) groups is 2. The third-order valence-electron chi connectivity index (χ3n) is 11.3. The summed E-state index contributed by atoms with van der Waals surface area (Å²) >= 11 is 0. The van der Waals surface area contributed by atoms with Gasteiger partial charge in [-0.15, -0.1) is 0 Å². The Morgan fingerprint density at radius 3 is 2.11 bits per heavy atom. The maximum Gasteiger partial charge on any atom is 0.311 e. The number of nitrogens with zero attached hydrogens (tertiary/aromatic N) is 3. The number of piperidine rings is 2. The average molecular weight is 641 g/mol. The van der Waals surface area contributed by atoms with Crippen LogP contribution in [0.25, 0.3) is 11.0 Å². The molecule has 0 spiro atoms. The maximum absolute atomic E-state index is 13.4. The standard InChI is InChI=1S/C37H44N4O6/c1-25-35(3,33(42)43)32(29-15-10-16-30-31(29)40-47-39-30)37(34(44)45,26(2)38-25)19-23-46-24-22-41-20-17-36(18-21-41,27-11-6-4-7-12-27)28-13-8-5-9-14-28/h4-16,25-26,32,38H,17-24H2,1-3H3,(H,42,43)(H,44,45). The van der Waals surface area contributed by atoms with Crippen LogP contribution in [0.1, 0.15) is 62.6 Å². The molecule has 0 aliphatic carbocycles. The van der Waals surface area contributed by atoms with E-state index in [0.29, 0.717) is 23.2 Å². The minimum Gasteiger partial charge on any atom is -0.481 e. The largest absolute Gasteiger partial charge is 0.481 e. The van der Waals surface area contributed by atoms with Gasteiger partial charge in [0.2, 0.25) is 0 Å². The second-order valence-corrected chi connectivity index (χ2v) is 13.5. The van der Waals surface area contributed by atoms with Gasteiger partial charge in [0.25, 0.3) is 0 Å². The van der Waals surface area contributed by atoms with Crippen LogP contribution in [-0.4, -0.2) is 82.3 Å². The molecule has 0 bridgehead atoms. The van der Waals surface area contributed by atoms with Crippen LogP contribution in [0.3, 0.4) is 0 Å². The van der Waals surface area contributed by atoms with Crippen LogP contribution in [-0.2, 0) is 19.7 Å². The number of fused-ring (bicyclic) bond motifs is 1. The Balaban J connectivity index is 1.17. The van der Waals surface area contributed by atoms with Crippen molar-refractivity contribution in [1.82, 2.24) is 20.5 Å². The highest BCUT2D eigenvalue weighted by molar-refractivity contribution is 5.87. The van der Waals surface area contributed by atoms with Crippen molar-refractivity contribution in [2.45, 2.75) is 63.5 Å². The lowest BCUT2D eigenvalue weighted by Gasteiger charge is -2.56. The van der Waals surface area contributed by atoms with Crippen LogP contribution < -0.4 is 5.32 Å². The molecule has 6 rings (SSSR count). The van der Waals surface area contributed by atoms with E-state index in [1.807, 2.05) is 6.92 Å². The van der Waals surface area contributed by atoms with E-state index >= 15 is 0 Å². The summed E-state index contributed by atoms with van der Waals surface area (Å²) in [5.74, 6) is -3.10. The molecule has 3 aromatic carbocycles. The summed E-state index contributed by atoms with van der Waals surface area (Å²) in [6.45, 7) is 8.41. The Morgan fingerprint density at radius 2 is 1.51 bits per heavy atom. The predicted octanol–water partition coefficient (Wildman–Crippen LogP) is 5.34. The molecule has 10 heteroatoms. The van der Waals surface area contributed by atoms with Crippen LogP contribution in [0.5, 0.6) is 0 Å². The second-order valence-electron chi connectivity index (χ2n) is 13.5. The van der Waals surface area contributed by atoms with Gasteiger partial charge < -0.3 is 25.2 Å². The smallest absolute Gasteiger partial charge is 0.311 e. The first-order chi connectivity index (χ1) is 22.6. The van der Waals surface area contributed by atoms with Gasteiger partial charge in [0.1, 0.15) is 11.0 Å². The number of aromatic nitrogens is 2. The number of aliphatic carboxylic acids is 2. The number of hydrogen-bond donors (Lipinski definition) is 3. The molecule has 5 unspecified atom stereocenters. The van der Waals surface area contributed by atoms with E-state index in [2.05, 4.69) is 81.2 Å². The molecule has 1 aromatic heterocycles. The molecule has 10 nitrogen and oxygen atoms in total. The highest BCUT2D eigenvalue weighted by Gasteiger charge is 2.65. The van der Waals surface area contributed by atoms with Gasteiger partial charge in [0.15, 0.2) is 0 Å². The molecular formula is C37H44N4O6. The number of carboxylic acids is 2. The van der Waals surface area contributed by atoms with Crippen molar-refractivity contribution in [1.29, 1.82) is 0 Å². The zero-order chi connectivity index (χ0) is 33.2. The summed E-state index contributed by atoms with van der Waals surface area (Å²) in [5, 5.41) is 32.9. The van der Waals surface area contributed by atoms with Crippen molar-refractivity contribution in [3.05, 3.63) is 95.6 Å². The van der Waals surface area contributed by atoms with Crippen molar-refractivity contribution < 1.29 is 29.2 Å². The minimum atomic E-state index is -1.51. The van der Waals surface area contributed by atoms with Crippen molar-refractivity contribution >= 4 is 23.0 Å². The van der Waals surface area contributed by atoms with Gasteiger partial charge in [-0.25, -0.2) is 4.63 Å². The molecular weight excluding hydrogens is 596 g/mol. The Kier molecular flexibility index (Phi) is 9.20. The number of rotatable bonds is 11. The van der Waals surface area contributed by atoms with E-state index in [0.717, 1.165) is 32.5 Å².